The fraction of sp³-hybridized carbons (Fsp3) is 0.250. The maximum absolute atomic E-state index is 8.77. The Morgan fingerprint density at radius 3 is 2.60 bits per heavy atom. The molecule has 2 aromatic heterocycles. The van der Waals surface area contributed by atoms with E-state index in [2.05, 4.69) is 33.5 Å². The van der Waals surface area contributed by atoms with Gasteiger partial charge in [0.05, 0.1) is 11.0 Å². The van der Waals surface area contributed by atoms with Crippen molar-refractivity contribution in [3.05, 3.63) is 42.6 Å². The quantitative estimate of drug-likeness (QED) is 0.551. The first-order valence-electron chi connectivity index (χ1n) is 6.88. The Hall–Kier alpha value is -2.20. The lowest BCUT2D eigenvalue weighted by molar-refractivity contribution is 0.286. The van der Waals surface area contributed by atoms with Gasteiger partial charge in [-0.2, -0.15) is 0 Å². The second-order valence-corrected chi connectivity index (χ2v) is 4.77. The highest BCUT2D eigenvalue weighted by atomic mass is 16.2. The van der Waals surface area contributed by atoms with Crippen LogP contribution in [0.1, 0.15) is 12.8 Å². The van der Waals surface area contributed by atoms with Gasteiger partial charge in [-0.25, -0.2) is 4.98 Å². The lowest BCUT2D eigenvalue weighted by Crippen LogP contribution is -2.04. The van der Waals surface area contributed by atoms with E-state index in [1.807, 2.05) is 18.2 Å². The molecule has 0 saturated carbocycles. The first-order valence-corrected chi connectivity index (χ1v) is 6.88. The summed E-state index contributed by atoms with van der Waals surface area (Å²) < 4.78 is 0. The minimum Gasteiger partial charge on any atom is -0.396 e. The second-order valence-electron chi connectivity index (χ2n) is 4.77. The van der Waals surface area contributed by atoms with Crippen molar-refractivity contribution in [3.63, 3.8) is 0 Å². The van der Waals surface area contributed by atoms with E-state index in [1.165, 1.54) is 0 Å². The molecule has 2 N–H and O–H groups in total. The van der Waals surface area contributed by atoms with Gasteiger partial charge in [-0.1, -0.05) is 18.2 Å². The molecule has 0 saturated heterocycles. The summed E-state index contributed by atoms with van der Waals surface area (Å²) in [6.07, 6.45) is 3.54. The molecule has 0 amide bonds. The average Bonchev–Trinajstić information content (AvgIpc) is 2.51. The first-order chi connectivity index (χ1) is 9.88. The summed E-state index contributed by atoms with van der Waals surface area (Å²) >= 11 is 0. The monoisotopic (exact) mass is 267 g/mol. The van der Waals surface area contributed by atoms with Crippen LogP contribution in [-0.4, -0.2) is 28.2 Å². The Balaban J connectivity index is 1.94. The van der Waals surface area contributed by atoms with Crippen LogP contribution < -0.4 is 5.32 Å². The lowest BCUT2D eigenvalue weighted by atomic mass is 10.1. The van der Waals surface area contributed by atoms with Crippen LogP contribution >= 0.6 is 0 Å². The molecule has 0 atom stereocenters. The van der Waals surface area contributed by atoms with E-state index in [9.17, 15) is 0 Å². The summed E-state index contributed by atoms with van der Waals surface area (Å²) in [7, 11) is 0. The number of unbranched alkanes of at least 4 members (excludes halogenated alkanes) is 1. The van der Waals surface area contributed by atoms with Crippen LogP contribution in [0.4, 0.5) is 5.82 Å². The zero-order valence-electron chi connectivity index (χ0n) is 11.2. The van der Waals surface area contributed by atoms with Crippen molar-refractivity contribution in [2.45, 2.75) is 12.8 Å². The van der Waals surface area contributed by atoms with E-state index in [4.69, 9.17) is 5.11 Å². The van der Waals surface area contributed by atoms with E-state index < -0.39 is 0 Å². The molecule has 0 spiro atoms. The first kappa shape index (κ1) is 12.8. The molecule has 0 unspecified atom stereocenters. The number of aliphatic hydroxyl groups excluding tert-OH is 1. The van der Waals surface area contributed by atoms with Crippen molar-refractivity contribution in [3.8, 4) is 0 Å². The molecule has 4 heteroatoms. The number of aliphatic hydroxyl groups is 1. The molecule has 0 aliphatic rings. The van der Waals surface area contributed by atoms with Crippen LogP contribution in [0, 0.1) is 0 Å². The third-order valence-electron chi connectivity index (χ3n) is 3.32. The van der Waals surface area contributed by atoms with Gasteiger partial charge in [0.2, 0.25) is 0 Å². The van der Waals surface area contributed by atoms with Gasteiger partial charge >= 0.3 is 0 Å². The van der Waals surface area contributed by atoms with Crippen LogP contribution in [0.25, 0.3) is 21.8 Å². The molecule has 3 rings (SSSR count). The predicted octanol–water partition coefficient (Wildman–Crippen LogP) is 2.97. The molecular formula is C16H17N3O. The molecule has 3 aromatic rings. The number of anilines is 1. The van der Waals surface area contributed by atoms with Gasteiger partial charge in [-0.3, -0.25) is 4.98 Å². The number of benzene rings is 1. The van der Waals surface area contributed by atoms with Gasteiger partial charge in [0.1, 0.15) is 5.82 Å². The molecule has 1 aromatic carbocycles. The van der Waals surface area contributed by atoms with Gasteiger partial charge in [-0.05, 0) is 31.0 Å². The number of fused-ring (bicyclic) bond motifs is 3. The van der Waals surface area contributed by atoms with E-state index in [0.717, 1.165) is 47.0 Å². The zero-order valence-corrected chi connectivity index (χ0v) is 11.2. The fourth-order valence-corrected chi connectivity index (χ4v) is 2.28. The van der Waals surface area contributed by atoms with E-state index in [-0.39, 0.29) is 6.61 Å². The molecule has 4 nitrogen and oxygen atoms in total. The maximum atomic E-state index is 8.77. The summed E-state index contributed by atoms with van der Waals surface area (Å²) in [5, 5.41) is 14.3. The lowest BCUT2D eigenvalue weighted by Gasteiger charge is -2.07. The standard InChI is InChI=1S/C16H17N3O/c20-11-2-1-9-17-14-8-7-13-6-5-12-4-3-10-18-15(12)16(13)19-14/h3-8,10,20H,1-2,9,11H2,(H,17,19). The van der Waals surface area contributed by atoms with Crippen molar-refractivity contribution < 1.29 is 5.11 Å². The topological polar surface area (TPSA) is 58.0 Å². The number of pyridine rings is 2. The van der Waals surface area contributed by atoms with Crippen LogP contribution in [0.3, 0.4) is 0 Å². The Morgan fingerprint density at radius 2 is 1.75 bits per heavy atom. The zero-order chi connectivity index (χ0) is 13.8. The largest absolute Gasteiger partial charge is 0.396 e. The number of nitrogens with zero attached hydrogens (tertiary/aromatic N) is 2. The number of rotatable bonds is 5. The normalized spacial score (nSPS) is 11.1. The summed E-state index contributed by atoms with van der Waals surface area (Å²) in [5.41, 5.74) is 1.86. The highest BCUT2D eigenvalue weighted by molar-refractivity contribution is 6.03. The van der Waals surface area contributed by atoms with Crippen LogP contribution in [0.2, 0.25) is 0 Å². The molecule has 2 heterocycles. The van der Waals surface area contributed by atoms with Crippen molar-refractivity contribution in [2.75, 3.05) is 18.5 Å². The molecule has 102 valence electrons. The summed E-state index contributed by atoms with van der Waals surface area (Å²) in [6.45, 7) is 1.05. The van der Waals surface area contributed by atoms with Crippen LogP contribution in [-0.2, 0) is 0 Å². The molecule has 0 aliphatic carbocycles. The van der Waals surface area contributed by atoms with Crippen molar-refractivity contribution in [1.82, 2.24) is 9.97 Å². The Morgan fingerprint density at radius 1 is 0.950 bits per heavy atom. The number of hydrogen-bond acceptors (Lipinski definition) is 4. The number of nitrogens with one attached hydrogen (secondary N) is 1. The summed E-state index contributed by atoms with van der Waals surface area (Å²) in [5.74, 6) is 0.855. The molecule has 0 radical (unpaired) electrons. The smallest absolute Gasteiger partial charge is 0.126 e. The van der Waals surface area contributed by atoms with E-state index in [1.54, 1.807) is 6.20 Å². The number of aromatic nitrogens is 2. The highest BCUT2D eigenvalue weighted by Crippen LogP contribution is 2.23. The summed E-state index contributed by atoms with van der Waals surface area (Å²) in [4.78, 5) is 9.10. The van der Waals surface area contributed by atoms with Gasteiger partial charge in [0, 0.05) is 30.1 Å². The third-order valence-corrected chi connectivity index (χ3v) is 3.32. The fourth-order valence-electron chi connectivity index (χ4n) is 2.28. The SMILES string of the molecule is OCCCCNc1ccc2ccc3cccnc3c2n1. The Kier molecular flexibility index (Phi) is 3.74. The van der Waals surface area contributed by atoms with Crippen LogP contribution in [0.5, 0.6) is 0 Å². The molecular weight excluding hydrogens is 250 g/mol. The van der Waals surface area contributed by atoms with Crippen LogP contribution in [0.15, 0.2) is 42.6 Å². The van der Waals surface area contributed by atoms with Gasteiger partial charge in [-0.15, -0.1) is 0 Å². The number of hydrogen-bond donors (Lipinski definition) is 2. The third kappa shape index (κ3) is 2.56. The maximum Gasteiger partial charge on any atom is 0.126 e. The minimum absolute atomic E-state index is 0.237. The van der Waals surface area contributed by atoms with Crippen molar-refractivity contribution in [1.29, 1.82) is 0 Å². The second kappa shape index (κ2) is 5.84. The molecule has 0 fully saturated rings. The summed E-state index contributed by atoms with van der Waals surface area (Å²) in [6, 6.07) is 12.2. The van der Waals surface area contributed by atoms with Gasteiger partial charge in [0.15, 0.2) is 0 Å². The molecule has 20 heavy (non-hydrogen) atoms. The van der Waals surface area contributed by atoms with Crippen molar-refractivity contribution >= 4 is 27.6 Å². The molecule has 0 aliphatic heterocycles. The minimum atomic E-state index is 0.237. The van der Waals surface area contributed by atoms with E-state index >= 15 is 0 Å². The predicted molar refractivity (Wildman–Crippen MR) is 81.9 cm³/mol. The highest BCUT2D eigenvalue weighted by Gasteiger charge is 2.04. The Bertz CT molecular complexity index is 727. The van der Waals surface area contributed by atoms with Gasteiger partial charge < -0.3 is 10.4 Å². The van der Waals surface area contributed by atoms with Crippen molar-refractivity contribution in [2.24, 2.45) is 0 Å². The molecule has 0 bridgehead atoms. The average molecular weight is 267 g/mol. The van der Waals surface area contributed by atoms with E-state index in [0.29, 0.717) is 0 Å². The van der Waals surface area contributed by atoms with Gasteiger partial charge in [0.25, 0.3) is 0 Å². The Labute approximate surface area is 117 Å².